The molecule has 28 heavy (non-hydrogen) atoms. The number of hydrogen-bond donors (Lipinski definition) is 1. The highest BCUT2D eigenvalue weighted by molar-refractivity contribution is 6.00. The van der Waals surface area contributed by atoms with E-state index in [4.69, 9.17) is 4.74 Å². The van der Waals surface area contributed by atoms with Gasteiger partial charge in [-0.2, -0.15) is 0 Å². The van der Waals surface area contributed by atoms with Crippen LogP contribution in [0.1, 0.15) is 38.8 Å². The molecule has 0 saturated carbocycles. The second kappa shape index (κ2) is 9.03. The van der Waals surface area contributed by atoms with Crippen LogP contribution in [-0.2, 0) is 14.3 Å². The lowest BCUT2D eigenvalue weighted by atomic mass is 10.1. The smallest absolute Gasteiger partial charge is 0.337 e. The third-order valence-electron chi connectivity index (χ3n) is 3.92. The summed E-state index contributed by atoms with van der Waals surface area (Å²) >= 11 is 0. The Morgan fingerprint density at radius 1 is 0.821 bits per heavy atom. The number of aryl methyl sites for hydroxylation is 2. The van der Waals surface area contributed by atoms with Gasteiger partial charge in [-0.05, 0) is 62.2 Å². The van der Waals surface area contributed by atoms with E-state index in [1.165, 1.54) is 32.4 Å². The zero-order chi connectivity index (χ0) is 20.8. The summed E-state index contributed by atoms with van der Waals surface area (Å²) in [4.78, 5) is 36.2. The molecule has 1 N–H and O–H groups in total. The topological polar surface area (TPSA) is 90.9 Å². The first-order valence-electron chi connectivity index (χ1n) is 8.61. The first-order chi connectivity index (χ1) is 13.2. The summed E-state index contributed by atoms with van der Waals surface area (Å²) in [7, 11) is 2.45. The minimum atomic E-state index is -0.801. The number of esters is 2. The minimum absolute atomic E-state index is 0.114. The Bertz CT molecular complexity index is 851. The van der Waals surface area contributed by atoms with E-state index in [9.17, 15) is 14.4 Å². The summed E-state index contributed by atoms with van der Waals surface area (Å²) in [6.07, 6.45) is -0.801. The van der Waals surface area contributed by atoms with Gasteiger partial charge in [-0.1, -0.05) is 6.07 Å². The summed E-state index contributed by atoms with van der Waals surface area (Å²) in [5, 5.41) is 2.65. The van der Waals surface area contributed by atoms with E-state index in [1.807, 2.05) is 32.0 Å². The maximum atomic E-state index is 12.5. The van der Waals surface area contributed by atoms with Crippen molar-refractivity contribution in [2.24, 2.45) is 0 Å². The Hall–Kier alpha value is -3.35. The molecule has 0 heterocycles. The Kier molecular flexibility index (Phi) is 6.76. The van der Waals surface area contributed by atoms with Gasteiger partial charge in [0.15, 0.2) is 6.10 Å². The quantitative estimate of drug-likeness (QED) is 0.768. The standard InChI is InChI=1S/C21H23NO6/c1-12-6-13(2)8-18(7-12)28-14(3)19(23)22-17-10-15(20(24)26-4)9-16(11-17)21(25)27-5/h6-11,14H,1-5H3,(H,22,23)/t14-/m1/s1. The average Bonchev–Trinajstić information content (AvgIpc) is 2.65. The van der Waals surface area contributed by atoms with Crippen LogP contribution in [0.25, 0.3) is 0 Å². The van der Waals surface area contributed by atoms with Gasteiger partial charge in [-0.3, -0.25) is 4.79 Å². The Morgan fingerprint density at radius 2 is 1.32 bits per heavy atom. The number of benzene rings is 2. The second-order valence-corrected chi connectivity index (χ2v) is 6.35. The van der Waals surface area contributed by atoms with Crippen LogP contribution in [0.3, 0.4) is 0 Å². The van der Waals surface area contributed by atoms with Crippen molar-refractivity contribution >= 4 is 23.5 Å². The van der Waals surface area contributed by atoms with Crippen molar-refractivity contribution < 1.29 is 28.6 Å². The van der Waals surface area contributed by atoms with E-state index in [1.54, 1.807) is 6.92 Å². The first-order valence-corrected chi connectivity index (χ1v) is 8.61. The monoisotopic (exact) mass is 385 g/mol. The first kappa shape index (κ1) is 21.0. The molecule has 0 aliphatic heterocycles. The fraction of sp³-hybridized carbons (Fsp3) is 0.286. The van der Waals surface area contributed by atoms with Crippen LogP contribution in [0.15, 0.2) is 36.4 Å². The van der Waals surface area contributed by atoms with Crippen molar-refractivity contribution in [3.05, 3.63) is 58.7 Å². The Labute approximate surface area is 163 Å². The van der Waals surface area contributed by atoms with Gasteiger partial charge in [-0.25, -0.2) is 9.59 Å². The molecule has 1 amide bonds. The zero-order valence-corrected chi connectivity index (χ0v) is 16.5. The van der Waals surface area contributed by atoms with Gasteiger partial charge in [0, 0.05) is 5.69 Å². The molecule has 0 fully saturated rings. The summed E-state index contributed by atoms with van der Waals surface area (Å²) in [6, 6.07) is 9.85. The molecule has 0 unspecified atom stereocenters. The van der Waals surface area contributed by atoms with Crippen LogP contribution in [0, 0.1) is 13.8 Å². The summed E-state index contributed by atoms with van der Waals surface area (Å²) in [5.41, 5.74) is 2.53. The molecule has 2 aromatic rings. The van der Waals surface area contributed by atoms with E-state index in [2.05, 4.69) is 14.8 Å². The maximum absolute atomic E-state index is 12.5. The number of methoxy groups -OCH3 is 2. The molecule has 2 aromatic carbocycles. The zero-order valence-electron chi connectivity index (χ0n) is 16.5. The molecule has 0 saturated heterocycles. The molecule has 0 aliphatic rings. The van der Waals surface area contributed by atoms with Gasteiger partial charge in [0.2, 0.25) is 0 Å². The Morgan fingerprint density at radius 3 is 1.79 bits per heavy atom. The summed E-state index contributed by atoms with van der Waals surface area (Å²) in [6.45, 7) is 5.49. The predicted molar refractivity (Wildman–Crippen MR) is 104 cm³/mol. The third-order valence-corrected chi connectivity index (χ3v) is 3.92. The number of carbonyl (C=O) groups excluding carboxylic acids is 3. The van der Waals surface area contributed by atoms with Gasteiger partial charge in [0.1, 0.15) is 5.75 Å². The lowest BCUT2D eigenvalue weighted by Gasteiger charge is -2.16. The molecule has 0 bridgehead atoms. The molecule has 0 aromatic heterocycles. The molecule has 7 nitrogen and oxygen atoms in total. The summed E-state index contributed by atoms with van der Waals surface area (Å²) < 4.78 is 15.1. The summed E-state index contributed by atoms with van der Waals surface area (Å²) in [5.74, 6) is -1.13. The Balaban J connectivity index is 2.21. The fourth-order valence-corrected chi connectivity index (χ4v) is 2.67. The van der Waals surface area contributed by atoms with Crippen LogP contribution in [0.4, 0.5) is 5.69 Å². The van der Waals surface area contributed by atoms with Gasteiger partial charge in [0.05, 0.1) is 25.3 Å². The normalized spacial score (nSPS) is 11.3. The van der Waals surface area contributed by atoms with Crippen molar-refractivity contribution in [2.45, 2.75) is 26.9 Å². The number of ether oxygens (including phenoxy) is 3. The molecule has 0 radical (unpaired) electrons. The molecule has 148 valence electrons. The van der Waals surface area contributed by atoms with Gasteiger partial charge in [-0.15, -0.1) is 0 Å². The molecular formula is C21H23NO6. The van der Waals surface area contributed by atoms with Crippen molar-refractivity contribution in [3.63, 3.8) is 0 Å². The van der Waals surface area contributed by atoms with Crippen molar-refractivity contribution in [2.75, 3.05) is 19.5 Å². The number of amides is 1. The van der Waals surface area contributed by atoms with Crippen LogP contribution >= 0.6 is 0 Å². The van der Waals surface area contributed by atoms with Gasteiger partial charge < -0.3 is 19.5 Å². The number of hydrogen-bond acceptors (Lipinski definition) is 6. The average molecular weight is 385 g/mol. The van der Waals surface area contributed by atoms with Crippen LogP contribution in [-0.4, -0.2) is 38.2 Å². The highest BCUT2D eigenvalue weighted by Gasteiger charge is 2.18. The molecular weight excluding hydrogens is 362 g/mol. The minimum Gasteiger partial charge on any atom is -0.481 e. The molecule has 0 spiro atoms. The van der Waals surface area contributed by atoms with Crippen molar-refractivity contribution in [1.82, 2.24) is 0 Å². The molecule has 7 heteroatoms. The van der Waals surface area contributed by atoms with E-state index in [0.717, 1.165) is 11.1 Å². The lowest BCUT2D eigenvalue weighted by molar-refractivity contribution is -0.122. The fourth-order valence-electron chi connectivity index (χ4n) is 2.67. The molecule has 2 rings (SSSR count). The highest BCUT2D eigenvalue weighted by Crippen LogP contribution is 2.20. The lowest BCUT2D eigenvalue weighted by Crippen LogP contribution is -2.30. The number of rotatable bonds is 6. The molecule has 0 aliphatic carbocycles. The van der Waals surface area contributed by atoms with E-state index in [-0.39, 0.29) is 16.8 Å². The third kappa shape index (κ3) is 5.33. The maximum Gasteiger partial charge on any atom is 0.337 e. The van der Waals surface area contributed by atoms with E-state index >= 15 is 0 Å². The number of nitrogens with one attached hydrogen (secondary N) is 1. The second-order valence-electron chi connectivity index (χ2n) is 6.35. The van der Waals surface area contributed by atoms with Crippen molar-refractivity contribution in [3.8, 4) is 5.75 Å². The number of carbonyl (C=O) groups is 3. The molecule has 1 atom stereocenters. The van der Waals surface area contributed by atoms with Crippen LogP contribution in [0.2, 0.25) is 0 Å². The number of anilines is 1. The van der Waals surface area contributed by atoms with E-state index in [0.29, 0.717) is 5.75 Å². The van der Waals surface area contributed by atoms with Crippen LogP contribution < -0.4 is 10.1 Å². The van der Waals surface area contributed by atoms with Crippen molar-refractivity contribution in [1.29, 1.82) is 0 Å². The van der Waals surface area contributed by atoms with Gasteiger partial charge >= 0.3 is 11.9 Å². The van der Waals surface area contributed by atoms with E-state index < -0.39 is 23.9 Å². The predicted octanol–water partition coefficient (Wildman–Crippen LogP) is 3.28. The largest absolute Gasteiger partial charge is 0.481 e. The van der Waals surface area contributed by atoms with Gasteiger partial charge in [0.25, 0.3) is 5.91 Å². The van der Waals surface area contributed by atoms with Crippen LogP contribution in [0.5, 0.6) is 5.75 Å². The highest BCUT2D eigenvalue weighted by atomic mass is 16.5. The SMILES string of the molecule is COC(=O)c1cc(NC(=O)[C@@H](C)Oc2cc(C)cc(C)c2)cc(C(=O)OC)c1.